The van der Waals surface area contributed by atoms with Gasteiger partial charge in [-0.05, 0) is 18.4 Å². The smallest absolute Gasteiger partial charge is 0.170 e. The van der Waals surface area contributed by atoms with Crippen LogP contribution < -0.4 is 0 Å². The molecule has 12 heteroatoms. The number of rotatable bonds is 0. The molecule has 0 nitrogen and oxygen atoms in total. The summed E-state index contributed by atoms with van der Waals surface area (Å²) < 4.78 is 153. The quantitative estimate of drug-likeness (QED) is 0.372. The minimum atomic E-state index is -6.43. The SMILES string of the molecule is FC(F)(F)C(=C1CC=CCC1(C(F)(F)F)C(F)(F)F)C(F)(F)F. The van der Waals surface area contributed by atoms with Crippen LogP contribution in [0.4, 0.5) is 52.7 Å². The van der Waals surface area contributed by atoms with Crippen molar-refractivity contribution in [2.24, 2.45) is 5.41 Å². The highest BCUT2D eigenvalue weighted by Gasteiger charge is 2.74. The molecule has 0 aliphatic heterocycles. The van der Waals surface area contributed by atoms with Crippen LogP contribution in [0.25, 0.3) is 0 Å². The lowest BCUT2D eigenvalue weighted by molar-refractivity contribution is -0.327. The molecule has 23 heavy (non-hydrogen) atoms. The fourth-order valence-electron chi connectivity index (χ4n) is 2.31. The molecule has 1 aliphatic rings. The Morgan fingerprint density at radius 1 is 0.696 bits per heavy atom. The summed E-state index contributed by atoms with van der Waals surface area (Å²) in [5, 5.41) is 0. The zero-order valence-corrected chi connectivity index (χ0v) is 10.6. The van der Waals surface area contributed by atoms with Gasteiger partial charge in [0.15, 0.2) is 5.41 Å². The van der Waals surface area contributed by atoms with E-state index in [0.29, 0.717) is 6.08 Å². The molecule has 1 rings (SSSR count). The maximum atomic E-state index is 13.0. The second-order valence-electron chi connectivity index (χ2n) is 4.63. The van der Waals surface area contributed by atoms with Gasteiger partial charge in [-0.25, -0.2) is 0 Å². The summed E-state index contributed by atoms with van der Waals surface area (Å²) in [5.41, 5.74) is -11.8. The predicted octanol–water partition coefficient (Wildman–Crippen LogP) is 5.87. The largest absolute Gasteiger partial charge is 0.421 e. The summed E-state index contributed by atoms with van der Waals surface area (Å²) in [6.45, 7) is 0. The summed E-state index contributed by atoms with van der Waals surface area (Å²) in [5.74, 6) is 0. The Kier molecular flexibility index (Phi) is 4.56. The van der Waals surface area contributed by atoms with Crippen molar-refractivity contribution in [3.63, 3.8) is 0 Å². The molecule has 0 heterocycles. The van der Waals surface area contributed by atoms with E-state index in [0.717, 1.165) is 0 Å². The second kappa shape index (κ2) is 5.33. The summed E-state index contributed by atoms with van der Waals surface area (Å²) in [7, 11) is 0. The van der Waals surface area contributed by atoms with E-state index in [1.807, 2.05) is 0 Å². The molecule has 1 aliphatic carbocycles. The van der Waals surface area contributed by atoms with Gasteiger partial charge in [0, 0.05) is 0 Å². The summed E-state index contributed by atoms with van der Waals surface area (Å²) in [6.07, 6.45) is -28.9. The Labute approximate surface area is 120 Å². The van der Waals surface area contributed by atoms with Crippen molar-refractivity contribution in [3.8, 4) is 0 Å². The van der Waals surface area contributed by atoms with Crippen molar-refractivity contribution in [3.05, 3.63) is 23.3 Å². The molecule has 0 aromatic heterocycles. The number of hydrogen-bond acceptors (Lipinski definition) is 0. The molecular weight excluding hydrogens is 360 g/mol. The van der Waals surface area contributed by atoms with E-state index in [-0.39, 0.29) is 6.08 Å². The van der Waals surface area contributed by atoms with Crippen molar-refractivity contribution in [1.29, 1.82) is 0 Å². The highest BCUT2D eigenvalue weighted by molar-refractivity contribution is 5.37. The Morgan fingerprint density at radius 3 is 1.39 bits per heavy atom. The van der Waals surface area contributed by atoms with Crippen molar-refractivity contribution < 1.29 is 52.7 Å². The normalized spacial score (nSPS) is 19.9. The first-order valence-electron chi connectivity index (χ1n) is 5.62. The highest BCUT2D eigenvalue weighted by Crippen LogP contribution is 2.62. The van der Waals surface area contributed by atoms with Gasteiger partial charge >= 0.3 is 24.7 Å². The van der Waals surface area contributed by atoms with E-state index in [9.17, 15) is 52.7 Å². The van der Waals surface area contributed by atoms with Crippen molar-refractivity contribution in [1.82, 2.24) is 0 Å². The third-order valence-electron chi connectivity index (χ3n) is 3.26. The Morgan fingerprint density at radius 2 is 1.09 bits per heavy atom. The van der Waals surface area contributed by atoms with Crippen LogP contribution in [0.5, 0.6) is 0 Å². The van der Waals surface area contributed by atoms with Crippen LogP contribution in [0.2, 0.25) is 0 Å². The van der Waals surface area contributed by atoms with Gasteiger partial charge in [-0.2, -0.15) is 52.7 Å². The van der Waals surface area contributed by atoms with Crippen LogP contribution in [0, 0.1) is 5.41 Å². The first kappa shape index (κ1) is 19.7. The minimum absolute atomic E-state index is 0.259. The predicted molar refractivity (Wildman–Crippen MR) is 52.1 cm³/mol. The first-order valence-corrected chi connectivity index (χ1v) is 5.62. The number of halogens is 12. The maximum Gasteiger partial charge on any atom is 0.421 e. The fraction of sp³-hybridized carbons (Fsp3) is 0.636. The molecule has 0 aromatic rings. The zero-order valence-electron chi connectivity index (χ0n) is 10.6. The topological polar surface area (TPSA) is 0 Å². The third kappa shape index (κ3) is 3.30. The van der Waals surface area contributed by atoms with Crippen LogP contribution in [0.1, 0.15) is 12.8 Å². The summed E-state index contributed by atoms with van der Waals surface area (Å²) >= 11 is 0. The van der Waals surface area contributed by atoms with Crippen LogP contribution in [-0.4, -0.2) is 24.7 Å². The van der Waals surface area contributed by atoms with Gasteiger partial charge in [-0.3, -0.25) is 0 Å². The lowest BCUT2D eigenvalue weighted by atomic mass is 9.69. The summed E-state index contributed by atoms with van der Waals surface area (Å²) in [4.78, 5) is 0. The van der Waals surface area contributed by atoms with E-state index in [1.54, 1.807) is 0 Å². The van der Waals surface area contributed by atoms with E-state index in [4.69, 9.17) is 0 Å². The molecule has 0 saturated heterocycles. The van der Waals surface area contributed by atoms with Crippen molar-refractivity contribution in [2.45, 2.75) is 37.5 Å². The molecule has 0 bridgehead atoms. The Hall–Kier alpha value is -1.36. The van der Waals surface area contributed by atoms with Crippen LogP contribution in [0.3, 0.4) is 0 Å². The average molecular weight is 366 g/mol. The summed E-state index contributed by atoms with van der Waals surface area (Å²) in [6, 6.07) is 0. The average Bonchev–Trinajstić information content (AvgIpc) is 2.21. The molecule has 0 fully saturated rings. The Bertz CT molecular complexity index is 477. The molecule has 0 atom stereocenters. The van der Waals surface area contributed by atoms with Gasteiger partial charge in [-0.15, -0.1) is 0 Å². The van der Waals surface area contributed by atoms with Crippen molar-refractivity contribution >= 4 is 0 Å². The third-order valence-corrected chi connectivity index (χ3v) is 3.26. The highest BCUT2D eigenvalue weighted by atomic mass is 19.4. The van der Waals surface area contributed by atoms with E-state index in [2.05, 4.69) is 0 Å². The molecule has 0 unspecified atom stereocenters. The minimum Gasteiger partial charge on any atom is -0.170 e. The molecule has 0 aromatic carbocycles. The van der Waals surface area contributed by atoms with Crippen LogP contribution in [-0.2, 0) is 0 Å². The molecule has 134 valence electrons. The molecule has 0 radical (unpaired) electrons. The van der Waals surface area contributed by atoms with Crippen molar-refractivity contribution in [2.75, 3.05) is 0 Å². The molecule has 0 N–H and O–H groups in total. The number of alkyl halides is 12. The van der Waals surface area contributed by atoms with E-state index >= 15 is 0 Å². The van der Waals surface area contributed by atoms with E-state index < -0.39 is 54.1 Å². The zero-order chi connectivity index (χ0) is 18.5. The van der Waals surface area contributed by atoms with Gasteiger partial charge in [-0.1, -0.05) is 12.2 Å². The second-order valence-corrected chi connectivity index (χ2v) is 4.63. The lowest BCUT2D eigenvalue weighted by Crippen LogP contribution is -2.53. The molecule has 0 saturated carbocycles. The maximum absolute atomic E-state index is 13.0. The molecular formula is C11H6F12. The van der Waals surface area contributed by atoms with Gasteiger partial charge in [0.25, 0.3) is 0 Å². The molecule has 0 amide bonds. The Balaban J connectivity index is 3.95. The van der Waals surface area contributed by atoms with Gasteiger partial charge in [0.2, 0.25) is 0 Å². The fourth-order valence-corrected chi connectivity index (χ4v) is 2.31. The molecule has 0 spiro atoms. The van der Waals surface area contributed by atoms with Gasteiger partial charge < -0.3 is 0 Å². The number of allylic oxidation sites excluding steroid dienone is 4. The van der Waals surface area contributed by atoms with E-state index in [1.165, 1.54) is 0 Å². The monoisotopic (exact) mass is 366 g/mol. The van der Waals surface area contributed by atoms with Gasteiger partial charge in [0.05, 0.1) is 0 Å². The van der Waals surface area contributed by atoms with Crippen LogP contribution in [0.15, 0.2) is 23.3 Å². The van der Waals surface area contributed by atoms with Gasteiger partial charge in [0.1, 0.15) is 5.57 Å². The number of hydrogen-bond donors (Lipinski definition) is 0. The standard InChI is InChI=1S/C11H6F12/c12-8(13,14)6(9(15,16)17)5-3-1-2-4-7(5,10(18,19)20)11(21,22)23/h1-2H,3-4H2. The first-order chi connectivity index (χ1) is 9.96. The lowest BCUT2D eigenvalue weighted by Gasteiger charge is -2.41. The van der Waals surface area contributed by atoms with Crippen LogP contribution >= 0.6 is 0 Å².